The zero-order chi connectivity index (χ0) is 10.8. The van der Waals surface area contributed by atoms with Crippen molar-refractivity contribution in [1.82, 2.24) is 15.0 Å². The standard InChI is InChI=1S/C9H11N3OS2/c1-5-7-8(12-9(14-3)15-7)11-6(10-5)4-13-2/h4H2,1-3H3. The average Bonchev–Trinajstić information content (AvgIpc) is 2.62. The highest BCUT2D eigenvalue weighted by Crippen LogP contribution is 2.28. The molecular weight excluding hydrogens is 230 g/mol. The normalized spacial score (nSPS) is 11.1. The molecule has 2 heterocycles. The van der Waals surface area contributed by atoms with E-state index in [1.165, 1.54) is 0 Å². The molecule has 2 aromatic heterocycles. The van der Waals surface area contributed by atoms with E-state index < -0.39 is 0 Å². The van der Waals surface area contributed by atoms with Crippen molar-refractivity contribution in [2.75, 3.05) is 13.4 Å². The van der Waals surface area contributed by atoms with E-state index in [0.29, 0.717) is 12.4 Å². The Balaban J connectivity index is 2.54. The lowest BCUT2D eigenvalue weighted by molar-refractivity contribution is 0.178. The van der Waals surface area contributed by atoms with Crippen molar-refractivity contribution in [2.45, 2.75) is 17.9 Å². The van der Waals surface area contributed by atoms with Crippen LogP contribution in [0.2, 0.25) is 0 Å². The van der Waals surface area contributed by atoms with Crippen LogP contribution in [-0.2, 0) is 11.3 Å². The van der Waals surface area contributed by atoms with Gasteiger partial charge < -0.3 is 4.74 Å². The number of hydrogen-bond donors (Lipinski definition) is 0. The summed E-state index contributed by atoms with van der Waals surface area (Å²) in [5.74, 6) is 0.695. The van der Waals surface area contributed by atoms with Gasteiger partial charge in [0.05, 0.1) is 10.4 Å². The Morgan fingerprint density at radius 2 is 2.13 bits per heavy atom. The predicted molar refractivity (Wildman–Crippen MR) is 62.4 cm³/mol. The number of hydrogen-bond acceptors (Lipinski definition) is 6. The summed E-state index contributed by atoms with van der Waals surface area (Å²) in [7, 11) is 1.64. The van der Waals surface area contributed by atoms with Crippen LogP contribution >= 0.6 is 23.1 Å². The number of aryl methyl sites for hydroxylation is 1. The summed E-state index contributed by atoms with van der Waals surface area (Å²) in [6.07, 6.45) is 2.01. The maximum atomic E-state index is 5.01. The molecule has 0 aliphatic heterocycles. The van der Waals surface area contributed by atoms with Crippen LogP contribution in [0.1, 0.15) is 11.5 Å². The molecule has 6 heteroatoms. The average molecular weight is 241 g/mol. The van der Waals surface area contributed by atoms with Crippen molar-refractivity contribution in [3.8, 4) is 0 Å². The summed E-state index contributed by atoms with van der Waals surface area (Å²) >= 11 is 3.27. The van der Waals surface area contributed by atoms with Gasteiger partial charge in [-0.05, 0) is 13.2 Å². The third-order valence-corrected chi connectivity index (χ3v) is 4.04. The fourth-order valence-electron chi connectivity index (χ4n) is 1.28. The summed E-state index contributed by atoms with van der Waals surface area (Å²) in [6, 6.07) is 0. The topological polar surface area (TPSA) is 47.9 Å². The Labute approximate surface area is 96.1 Å². The summed E-state index contributed by atoms with van der Waals surface area (Å²) in [6.45, 7) is 2.41. The van der Waals surface area contributed by atoms with E-state index in [0.717, 1.165) is 20.4 Å². The zero-order valence-corrected chi connectivity index (χ0v) is 10.4. The summed E-state index contributed by atoms with van der Waals surface area (Å²) in [5.41, 5.74) is 1.76. The Morgan fingerprint density at radius 3 is 2.80 bits per heavy atom. The molecule has 2 rings (SSSR count). The van der Waals surface area contributed by atoms with Gasteiger partial charge in [-0.2, -0.15) is 0 Å². The third kappa shape index (κ3) is 2.11. The fraction of sp³-hybridized carbons (Fsp3) is 0.444. The Bertz CT molecular complexity index is 483. The van der Waals surface area contributed by atoms with Crippen molar-refractivity contribution in [3.05, 3.63) is 11.5 Å². The summed E-state index contributed by atoms with van der Waals surface area (Å²) in [4.78, 5) is 13.1. The van der Waals surface area contributed by atoms with E-state index in [-0.39, 0.29) is 0 Å². The molecule has 0 radical (unpaired) electrons. The van der Waals surface area contributed by atoms with E-state index >= 15 is 0 Å². The van der Waals surface area contributed by atoms with Crippen molar-refractivity contribution in [2.24, 2.45) is 0 Å². The van der Waals surface area contributed by atoms with Crippen molar-refractivity contribution < 1.29 is 4.74 Å². The van der Waals surface area contributed by atoms with Gasteiger partial charge in [-0.3, -0.25) is 0 Å². The number of aromatic nitrogens is 3. The highest BCUT2D eigenvalue weighted by molar-refractivity contribution is 8.00. The van der Waals surface area contributed by atoms with Gasteiger partial charge in [0.25, 0.3) is 0 Å². The number of thiazole rings is 1. The van der Waals surface area contributed by atoms with Crippen LogP contribution in [0.5, 0.6) is 0 Å². The van der Waals surface area contributed by atoms with E-state index in [1.807, 2.05) is 13.2 Å². The monoisotopic (exact) mass is 241 g/mol. The molecule has 0 atom stereocenters. The molecule has 0 bridgehead atoms. The van der Waals surface area contributed by atoms with Gasteiger partial charge in [-0.25, -0.2) is 15.0 Å². The van der Waals surface area contributed by atoms with Gasteiger partial charge >= 0.3 is 0 Å². The van der Waals surface area contributed by atoms with Crippen LogP contribution < -0.4 is 0 Å². The minimum Gasteiger partial charge on any atom is -0.377 e. The van der Waals surface area contributed by atoms with E-state index in [1.54, 1.807) is 30.2 Å². The lowest BCUT2D eigenvalue weighted by Crippen LogP contribution is -1.98. The number of methoxy groups -OCH3 is 1. The highest BCUT2D eigenvalue weighted by Gasteiger charge is 2.09. The Morgan fingerprint density at radius 1 is 1.33 bits per heavy atom. The fourth-order valence-corrected chi connectivity index (χ4v) is 2.72. The first-order valence-electron chi connectivity index (χ1n) is 4.41. The van der Waals surface area contributed by atoms with Gasteiger partial charge in [0.15, 0.2) is 15.8 Å². The molecule has 0 aromatic carbocycles. The molecular formula is C9H11N3OS2. The molecule has 0 fully saturated rings. The minimum atomic E-state index is 0.433. The molecule has 4 nitrogen and oxygen atoms in total. The van der Waals surface area contributed by atoms with E-state index in [2.05, 4.69) is 15.0 Å². The van der Waals surface area contributed by atoms with Crippen molar-refractivity contribution >= 4 is 33.4 Å². The van der Waals surface area contributed by atoms with Crippen LogP contribution in [0.4, 0.5) is 0 Å². The zero-order valence-electron chi connectivity index (χ0n) is 8.77. The van der Waals surface area contributed by atoms with Crippen LogP contribution in [-0.4, -0.2) is 28.3 Å². The maximum absolute atomic E-state index is 5.01. The molecule has 15 heavy (non-hydrogen) atoms. The minimum absolute atomic E-state index is 0.433. The van der Waals surface area contributed by atoms with Crippen LogP contribution in [0, 0.1) is 6.92 Å². The smallest absolute Gasteiger partial charge is 0.175 e. The summed E-state index contributed by atoms with van der Waals surface area (Å²) in [5, 5.41) is 0. The molecule has 0 unspecified atom stereocenters. The highest BCUT2D eigenvalue weighted by atomic mass is 32.2. The van der Waals surface area contributed by atoms with Gasteiger partial charge in [-0.1, -0.05) is 11.8 Å². The Hall–Kier alpha value is -0.720. The number of thioether (sulfide) groups is 1. The van der Waals surface area contributed by atoms with E-state index in [4.69, 9.17) is 4.74 Å². The molecule has 0 amide bonds. The molecule has 0 N–H and O–H groups in total. The SMILES string of the molecule is COCc1nc(C)c2sc(SC)nc2n1. The molecule has 0 aliphatic rings. The maximum Gasteiger partial charge on any atom is 0.175 e. The quantitative estimate of drug-likeness (QED) is 0.771. The first-order chi connectivity index (χ1) is 7.24. The van der Waals surface area contributed by atoms with Gasteiger partial charge in [-0.15, -0.1) is 11.3 Å². The second-order valence-electron chi connectivity index (χ2n) is 2.99. The molecule has 2 aromatic rings. The van der Waals surface area contributed by atoms with Gasteiger partial charge in [0.1, 0.15) is 6.61 Å². The second-order valence-corrected chi connectivity index (χ2v) is 5.05. The number of ether oxygens (including phenoxy) is 1. The summed E-state index contributed by atoms with van der Waals surface area (Å²) < 4.78 is 7.10. The van der Waals surface area contributed by atoms with Crippen LogP contribution in [0.25, 0.3) is 10.3 Å². The molecule has 0 aliphatic carbocycles. The molecule has 0 saturated heterocycles. The van der Waals surface area contributed by atoms with Crippen molar-refractivity contribution in [3.63, 3.8) is 0 Å². The number of fused-ring (bicyclic) bond motifs is 1. The van der Waals surface area contributed by atoms with Gasteiger partial charge in [0, 0.05) is 7.11 Å². The van der Waals surface area contributed by atoms with Crippen LogP contribution in [0.15, 0.2) is 4.34 Å². The molecule has 0 spiro atoms. The van der Waals surface area contributed by atoms with Crippen LogP contribution in [0.3, 0.4) is 0 Å². The molecule has 80 valence electrons. The van der Waals surface area contributed by atoms with Crippen molar-refractivity contribution in [1.29, 1.82) is 0 Å². The lowest BCUT2D eigenvalue weighted by atomic mass is 10.4. The largest absolute Gasteiger partial charge is 0.377 e. The lowest BCUT2D eigenvalue weighted by Gasteiger charge is -1.99. The van der Waals surface area contributed by atoms with E-state index in [9.17, 15) is 0 Å². The number of rotatable bonds is 3. The first kappa shape index (κ1) is 10.8. The second kappa shape index (κ2) is 4.42. The van der Waals surface area contributed by atoms with Gasteiger partial charge in [0.2, 0.25) is 0 Å². The number of nitrogens with zero attached hydrogens (tertiary/aromatic N) is 3. The first-order valence-corrected chi connectivity index (χ1v) is 6.45. The Kier molecular flexibility index (Phi) is 3.18. The third-order valence-electron chi connectivity index (χ3n) is 1.90. The predicted octanol–water partition coefficient (Wildman–Crippen LogP) is 2.26. The molecule has 0 saturated carbocycles.